The van der Waals surface area contributed by atoms with Crippen LogP contribution in [-0.2, 0) is 32.6 Å². The summed E-state index contributed by atoms with van der Waals surface area (Å²) >= 11 is 3.43. The normalized spacial score (nSPS) is 14.5. The Morgan fingerprint density at radius 3 is 2.29 bits per heavy atom. The van der Waals surface area contributed by atoms with Crippen LogP contribution in [-0.4, -0.2) is 57.1 Å². The number of anilines is 1. The minimum atomic E-state index is -3.84. The van der Waals surface area contributed by atoms with Crippen LogP contribution in [0.2, 0.25) is 0 Å². The number of rotatable bonds is 12. The van der Waals surface area contributed by atoms with Gasteiger partial charge in [-0.2, -0.15) is 0 Å². The number of sulfonamides is 1. The average molecular weight is 657 g/mol. The zero-order chi connectivity index (χ0) is 30.1. The summed E-state index contributed by atoms with van der Waals surface area (Å²) in [5.74, 6) is -0.107. The molecule has 2 amide bonds. The van der Waals surface area contributed by atoms with Crippen molar-refractivity contribution in [1.82, 2.24) is 10.2 Å². The summed E-state index contributed by atoms with van der Waals surface area (Å²) in [7, 11) is -2.28. The molecule has 0 heterocycles. The second-order valence-corrected chi connectivity index (χ2v) is 13.4. The van der Waals surface area contributed by atoms with Gasteiger partial charge in [-0.25, -0.2) is 8.42 Å². The first-order valence-electron chi connectivity index (χ1n) is 14.1. The Labute approximate surface area is 257 Å². The van der Waals surface area contributed by atoms with Crippen molar-refractivity contribution in [3.8, 4) is 5.75 Å². The van der Waals surface area contributed by atoms with Crippen molar-refractivity contribution in [2.75, 3.05) is 24.2 Å². The van der Waals surface area contributed by atoms with E-state index < -0.39 is 28.5 Å². The van der Waals surface area contributed by atoms with Gasteiger partial charge in [0.05, 0.1) is 19.1 Å². The van der Waals surface area contributed by atoms with Crippen LogP contribution in [0.5, 0.6) is 5.75 Å². The predicted molar refractivity (Wildman–Crippen MR) is 169 cm³/mol. The first kappa shape index (κ1) is 31.6. The van der Waals surface area contributed by atoms with E-state index in [0.717, 1.165) is 53.8 Å². The molecule has 0 aromatic heterocycles. The number of para-hydroxylation sites is 1. The van der Waals surface area contributed by atoms with E-state index in [1.54, 1.807) is 31.4 Å². The highest BCUT2D eigenvalue weighted by atomic mass is 79.9. The monoisotopic (exact) mass is 655 g/mol. The molecule has 1 aliphatic carbocycles. The molecule has 3 aromatic carbocycles. The molecule has 1 aliphatic rings. The Kier molecular flexibility index (Phi) is 11.0. The number of carbonyl (C=O) groups is 2. The van der Waals surface area contributed by atoms with Gasteiger partial charge in [0.2, 0.25) is 21.8 Å². The molecule has 0 aliphatic heterocycles. The van der Waals surface area contributed by atoms with Gasteiger partial charge in [-0.05, 0) is 64.2 Å². The van der Waals surface area contributed by atoms with Crippen molar-refractivity contribution in [2.45, 2.75) is 57.2 Å². The molecule has 1 N–H and O–H groups in total. The second kappa shape index (κ2) is 14.7. The fourth-order valence-corrected chi connectivity index (χ4v) is 6.79. The topological polar surface area (TPSA) is 96.0 Å². The highest BCUT2D eigenvalue weighted by Gasteiger charge is 2.34. The molecule has 0 bridgehead atoms. The van der Waals surface area contributed by atoms with E-state index in [1.165, 1.54) is 4.90 Å². The van der Waals surface area contributed by atoms with Crippen LogP contribution in [0.3, 0.4) is 0 Å². The van der Waals surface area contributed by atoms with Crippen molar-refractivity contribution < 1.29 is 22.7 Å². The van der Waals surface area contributed by atoms with E-state index >= 15 is 0 Å². The molecule has 1 fully saturated rings. The summed E-state index contributed by atoms with van der Waals surface area (Å²) in [5, 5.41) is 3.21. The molecule has 4 rings (SSSR count). The van der Waals surface area contributed by atoms with Crippen molar-refractivity contribution in [1.29, 1.82) is 0 Å². The molecular weight excluding hydrogens is 618 g/mol. The molecule has 42 heavy (non-hydrogen) atoms. The van der Waals surface area contributed by atoms with Crippen LogP contribution in [0.4, 0.5) is 5.69 Å². The van der Waals surface area contributed by atoms with E-state index in [4.69, 9.17) is 4.74 Å². The average Bonchev–Trinajstić information content (AvgIpc) is 2.98. The van der Waals surface area contributed by atoms with E-state index in [9.17, 15) is 18.0 Å². The Hall–Kier alpha value is -3.37. The molecule has 8 nitrogen and oxygen atoms in total. The fraction of sp³-hybridized carbons (Fsp3) is 0.375. The fourth-order valence-electron chi connectivity index (χ4n) is 5.31. The third-order valence-electron chi connectivity index (χ3n) is 7.51. The van der Waals surface area contributed by atoms with E-state index in [1.807, 2.05) is 54.6 Å². The van der Waals surface area contributed by atoms with E-state index in [2.05, 4.69) is 21.2 Å². The van der Waals surface area contributed by atoms with Crippen molar-refractivity contribution >= 4 is 43.5 Å². The standard InChI is InChI=1S/C32H38BrN3O5S/c1-41-27-17-11-14-25(20-27)22-35(31(37)23-36(42(2,39)40)29-19-10-9-18-28(29)33)30(21-24-12-5-3-6-13-24)32(38)34-26-15-7-4-8-16-26/h3,5-6,9-14,17-20,26,30H,4,7-8,15-16,21-23H2,1-2H3,(H,34,38)/t30-/m1/s1. The van der Waals surface area contributed by atoms with Gasteiger partial charge in [0.1, 0.15) is 18.3 Å². The lowest BCUT2D eigenvalue weighted by Crippen LogP contribution is -2.55. The van der Waals surface area contributed by atoms with E-state index in [-0.39, 0.29) is 24.9 Å². The van der Waals surface area contributed by atoms with Gasteiger partial charge in [-0.15, -0.1) is 0 Å². The van der Waals surface area contributed by atoms with Crippen LogP contribution >= 0.6 is 15.9 Å². The number of amides is 2. The molecule has 0 spiro atoms. The van der Waals surface area contributed by atoms with E-state index in [0.29, 0.717) is 15.9 Å². The quantitative estimate of drug-likeness (QED) is 0.285. The molecule has 3 aromatic rings. The number of hydrogen-bond donors (Lipinski definition) is 1. The summed E-state index contributed by atoms with van der Waals surface area (Å²) in [6.45, 7) is -0.368. The molecular formula is C32H38BrN3O5S. The molecule has 10 heteroatoms. The predicted octanol–water partition coefficient (Wildman–Crippen LogP) is 5.31. The maximum absolute atomic E-state index is 14.3. The summed E-state index contributed by atoms with van der Waals surface area (Å²) in [5.41, 5.74) is 2.01. The Balaban J connectivity index is 1.74. The molecule has 1 atom stereocenters. The summed E-state index contributed by atoms with van der Waals surface area (Å²) < 4.78 is 33.0. The molecule has 224 valence electrons. The molecule has 1 saturated carbocycles. The van der Waals surface area contributed by atoms with Crippen molar-refractivity contribution in [2.24, 2.45) is 0 Å². The SMILES string of the molecule is COc1cccc(CN(C(=O)CN(c2ccccc2Br)S(C)(=O)=O)[C@H](Cc2ccccc2)C(=O)NC2CCCCC2)c1. The van der Waals surface area contributed by atoms with Crippen LogP contribution in [0, 0.1) is 0 Å². The van der Waals surface area contributed by atoms with Crippen LogP contribution in [0.25, 0.3) is 0 Å². The lowest BCUT2D eigenvalue weighted by molar-refractivity contribution is -0.140. The smallest absolute Gasteiger partial charge is 0.244 e. The first-order valence-corrected chi connectivity index (χ1v) is 16.8. The van der Waals surface area contributed by atoms with Gasteiger partial charge in [-0.3, -0.25) is 13.9 Å². The van der Waals surface area contributed by atoms with Gasteiger partial charge >= 0.3 is 0 Å². The van der Waals surface area contributed by atoms with Gasteiger partial charge in [0.15, 0.2) is 0 Å². The Morgan fingerprint density at radius 2 is 1.62 bits per heavy atom. The highest BCUT2D eigenvalue weighted by molar-refractivity contribution is 9.10. The number of carbonyl (C=O) groups excluding carboxylic acids is 2. The van der Waals surface area contributed by atoms with Gasteiger partial charge in [0, 0.05) is 23.5 Å². The molecule has 0 unspecified atom stereocenters. The van der Waals surface area contributed by atoms with Gasteiger partial charge in [0.25, 0.3) is 0 Å². The van der Waals surface area contributed by atoms with Crippen molar-refractivity contribution in [3.05, 3.63) is 94.5 Å². The number of halogens is 1. The molecule has 0 saturated heterocycles. The van der Waals surface area contributed by atoms with Gasteiger partial charge < -0.3 is 15.0 Å². The summed E-state index contributed by atoms with van der Waals surface area (Å²) in [6.07, 6.45) is 6.41. The maximum atomic E-state index is 14.3. The number of ether oxygens (including phenoxy) is 1. The lowest BCUT2D eigenvalue weighted by atomic mass is 9.94. The van der Waals surface area contributed by atoms with Crippen molar-refractivity contribution in [3.63, 3.8) is 0 Å². The largest absolute Gasteiger partial charge is 0.497 e. The zero-order valence-corrected chi connectivity index (χ0v) is 26.4. The summed E-state index contributed by atoms with van der Waals surface area (Å²) in [6, 6.07) is 22.9. The summed E-state index contributed by atoms with van der Waals surface area (Å²) in [4.78, 5) is 29.8. The number of nitrogens with zero attached hydrogens (tertiary/aromatic N) is 2. The van der Waals surface area contributed by atoms with Crippen LogP contribution in [0.1, 0.15) is 43.2 Å². The highest BCUT2D eigenvalue weighted by Crippen LogP contribution is 2.28. The number of benzene rings is 3. The zero-order valence-electron chi connectivity index (χ0n) is 24.0. The second-order valence-electron chi connectivity index (χ2n) is 10.6. The van der Waals surface area contributed by atoms with Crippen LogP contribution < -0.4 is 14.4 Å². The third kappa shape index (κ3) is 8.58. The minimum absolute atomic E-state index is 0.0473. The first-order chi connectivity index (χ1) is 20.2. The number of nitrogens with one attached hydrogen (secondary N) is 1. The number of methoxy groups -OCH3 is 1. The number of hydrogen-bond acceptors (Lipinski definition) is 5. The third-order valence-corrected chi connectivity index (χ3v) is 9.31. The van der Waals surface area contributed by atoms with Crippen LogP contribution in [0.15, 0.2) is 83.3 Å². The Morgan fingerprint density at radius 1 is 0.952 bits per heavy atom. The minimum Gasteiger partial charge on any atom is -0.497 e. The molecule has 0 radical (unpaired) electrons. The Bertz CT molecular complexity index is 1460. The lowest BCUT2D eigenvalue weighted by Gasteiger charge is -2.35. The maximum Gasteiger partial charge on any atom is 0.244 e. The van der Waals surface area contributed by atoms with Gasteiger partial charge in [-0.1, -0.05) is 73.9 Å².